The van der Waals surface area contributed by atoms with Crippen LogP contribution in [0.15, 0.2) is 29.2 Å². The van der Waals surface area contributed by atoms with Crippen LogP contribution < -0.4 is 5.32 Å². The number of likely N-dealkylation sites (tertiary alicyclic amines) is 1. The highest BCUT2D eigenvalue weighted by Gasteiger charge is 2.28. The molecule has 19 heavy (non-hydrogen) atoms. The van der Waals surface area contributed by atoms with Crippen molar-refractivity contribution in [3.63, 3.8) is 0 Å². The quantitative estimate of drug-likeness (QED) is 0.854. The molecule has 0 spiro atoms. The van der Waals surface area contributed by atoms with E-state index < -0.39 is 0 Å². The van der Waals surface area contributed by atoms with E-state index in [2.05, 4.69) is 10.2 Å². The van der Waals surface area contributed by atoms with E-state index in [-0.39, 0.29) is 5.82 Å². The maximum absolute atomic E-state index is 12.8. The molecule has 2 aliphatic rings. The van der Waals surface area contributed by atoms with Gasteiger partial charge in [0.25, 0.3) is 0 Å². The molecule has 0 radical (unpaired) electrons. The molecule has 1 aromatic rings. The fourth-order valence-corrected chi connectivity index (χ4v) is 3.96. The first-order chi connectivity index (χ1) is 9.29. The number of nitrogens with one attached hydrogen (secondary N) is 1. The number of thioether (sulfide) groups is 1. The van der Waals surface area contributed by atoms with E-state index in [1.165, 1.54) is 44.5 Å². The number of nitrogens with zero attached hydrogens (tertiary/aromatic N) is 1. The van der Waals surface area contributed by atoms with E-state index in [9.17, 15) is 4.39 Å². The van der Waals surface area contributed by atoms with Gasteiger partial charge in [-0.1, -0.05) is 0 Å². The summed E-state index contributed by atoms with van der Waals surface area (Å²) in [6, 6.07) is 8.29. The van der Waals surface area contributed by atoms with E-state index >= 15 is 0 Å². The van der Waals surface area contributed by atoms with Crippen molar-refractivity contribution in [2.75, 3.05) is 25.4 Å². The van der Waals surface area contributed by atoms with Gasteiger partial charge in [0.2, 0.25) is 0 Å². The van der Waals surface area contributed by atoms with E-state index in [1.54, 1.807) is 0 Å². The predicted octanol–water partition coefficient (Wildman–Crippen LogP) is 2.74. The Hall–Kier alpha value is -0.580. The van der Waals surface area contributed by atoms with Gasteiger partial charge in [0.1, 0.15) is 5.82 Å². The maximum Gasteiger partial charge on any atom is 0.123 e. The number of hydrogen-bond acceptors (Lipinski definition) is 3. The molecule has 3 rings (SSSR count). The van der Waals surface area contributed by atoms with Crippen molar-refractivity contribution in [1.82, 2.24) is 10.2 Å². The lowest BCUT2D eigenvalue weighted by atomic mass is 10.1. The zero-order chi connectivity index (χ0) is 13.1. The third-order valence-corrected chi connectivity index (χ3v) is 5.09. The summed E-state index contributed by atoms with van der Waals surface area (Å²) < 4.78 is 12.8. The second kappa shape index (κ2) is 6.25. The molecule has 4 heteroatoms. The molecule has 2 aliphatic heterocycles. The molecule has 2 bridgehead atoms. The summed E-state index contributed by atoms with van der Waals surface area (Å²) >= 11 is 1.82. The molecule has 1 aromatic carbocycles. The van der Waals surface area contributed by atoms with Crippen LogP contribution in [0.25, 0.3) is 0 Å². The van der Waals surface area contributed by atoms with Crippen molar-refractivity contribution < 1.29 is 4.39 Å². The minimum Gasteiger partial charge on any atom is -0.310 e. The summed E-state index contributed by atoms with van der Waals surface area (Å²) in [5, 5.41) is 3.71. The summed E-state index contributed by atoms with van der Waals surface area (Å²) in [5.74, 6) is 0.933. The van der Waals surface area contributed by atoms with Crippen LogP contribution in [-0.4, -0.2) is 42.4 Å². The number of benzene rings is 1. The molecule has 0 saturated carbocycles. The minimum atomic E-state index is -0.154. The van der Waals surface area contributed by atoms with E-state index in [0.29, 0.717) is 6.04 Å². The third-order valence-electron chi connectivity index (χ3n) is 4.10. The average molecular weight is 280 g/mol. The SMILES string of the molecule is Fc1ccc(SCCN2CCC3CCC(C2)N3)cc1. The lowest BCUT2D eigenvalue weighted by Crippen LogP contribution is -2.36. The Morgan fingerprint density at radius 2 is 1.95 bits per heavy atom. The predicted molar refractivity (Wildman–Crippen MR) is 78.1 cm³/mol. The van der Waals surface area contributed by atoms with Crippen molar-refractivity contribution in [2.24, 2.45) is 0 Å². The molecule has 2 saturated heterocycles. The molecular formula is C15H21FN2S. The Bertz CT molecular complexity index is 409. The summed E-state index contributed by atoms with van der Waals surface area (Å²) in [4.78, 5) is 3.74. The Morgan fingerprint density at radius 3 is 2.79 bits per heavy atom. The standard InChI is InChI=1S/C15H21FN2S/c16-12-1-5-15(6-2-12)19-10-9-18-8-7-13-3-4-14(11-18)17-13/h1-2,5-6,13-14,17H,3-4,7-11H2. The highest BCUT2D eigenvalue weighted by atomic mass is 32.2. The molecule has 2 nitrogen and oxygen atoms in total. The van der Waals surface area contributed by atoms with Gasteiger partial charge in [-0.2, -0.15) is 0 Å². The maximum atomic E-state index is 12.8. The van der Waals surface area contributed by atoms with Gasteiger partial charge in [-0.3, -0.25) is 0 Å². The molecule has 2 unspecified atom stereocenters. The zero-order valence-electron chi connectivity index (χ0n) is 11.1. The fourth-order valence-electron chi connectivity index (χ4n) is 3.04. The number of rotatable bonds is 4. The monoisotopic (exact) mass is 280 g/mol. The lowest BCUT2D eigenvalue weighted by Gasteiger charge is -2.23. The molecule has 2 atom stereocenters. The molecule has 1 N–H and O–H groups in total. The first-order valence-electron chi connectivity index (χ1n) is 7.16. The van der Waals surface area contributed by atoms with Gasteiger partial charge in [0.05, 0.1) is 0 Å². The first-order valence-corrected chi connectivity index (χ1v) is 8.15. The minimum absolute atomic E-state index is 0.154. The Kier molecular flexibility index (Phi) is 4.41. The molecule has 0 aromatic heterocycles. The van der Waals surface area contributed by atoms with Crippen LogP contribution in [0.3, 0.4) is 0 Å². The molecule has 2 fully saturated rings. The van der Waals surface area contributed by atoms with Gasteiger partial charge in [-0.25, -0.2) is 4.39 Å². The van der Waals surface area contributed by atoms with E-state index in [1.807, 2.05) is 23.9 Å². The third kappa shape index (κ3) is 3.71. The molecule has 104 valence electrons. The normalized spacial score (nSPS) is 27.4. The Labute approximate surface area is 118 Å². The van der Waals surface area contributed by atoms with E-state index in [4.69, 9.17) is 0 Å². The van der Waals surface area contributed by atoms with Gasteiger partial charge in [0.15, 0.2) is 0 Å². The van der Waals surface area contributed by atoms with Gasteiger partial charge >= 0.3 is 0 Å². The summed E-state index contributed by atoms with van der Waals surface area (Å²) in [5.41, 5.74) is 0. The van der Waals surface area contributed by atoms with Gasteiger partial charge in [0, 0.05) is 35.8 Å². The summed E-state index contributed by atoms with van der Waals surface area (Å²) in [7, 11) is 0. The first kappa shape index (κ1) is 13.4. The van der Waals surface area contributed by atoms with Gasteiger partial charge in [-0.15, -0.1) is 11.8 Å². The van der Waals surface area contributed by atoms with Crippen LogP contribution in [-0.2, 0) is 0 Å². The molecule has 0 amide bonds. The van der Waals surface area contributed by atoms with Gasteiger partial charge in [-0.05, 0) is 50.1 Å². The van der Waals surface area contributed by atoms with E-state index in [0.717, 1.165) is 23.2 Å². The Morgan fingerprint density at radius 1 is 1.16 bits per heavy atom. The number of hydrogen-bond donors (Lipinski definition) is 1. The van der Waals surface area contributed by atoms with Crippen molar-refractivity contribution >= 4 is 11.8 Å². The second-order valence-electron chi connectivity index (χ2n) is 5.53. The highest BCUT2D eigenvalue weighted by molar-refractivity contribution is 7.99. The largest absolute Gasteiger partial charge is 0.310 e. The zero-order valence-corrected chi connectivity index (χ0v) is 12.0. The van der Waals surface area contributed by atoms with Crippen LogP contribution in [0.1, 0.15) is 19.3 Å². The van der Waals surface area contributed by atoms with Crippen LogP contribution in [0.5, 0.6) is 0 Å². The highest BCUT2D eigenvalue weighted by Crippen LogP contribution is 2.22. The second-order valence-corrected chi connectivity index (χ2v) is 6.70. The van der Waals surface area contributed by atoms with Gasteiger partial charge < -0.3 is 10.2 Å². The lowest BCUT2D eigenvalue weighted by molar-refractivity contribution is 0.274. The molecular weight excluding hydrogens is 259 g/mol. The van der Waals surface area contributed by atoms with Crippen LogP contribution in [0.4, 0.5) is 4.39 Å². The van der Waals surface area contributed by atoms with Crippen LogP contribution in [0, 0.1) is 5.82 Å². The van der Waals surface area contributed by atoms with Crippen molar-refractivity contribution in [3.05, 3.63) is 30.1 Å². The summed E-state index contributed by atoms with van der Waals surface area (Å²) in [6.45, 7) is 3.55. The van der Waals surface area contributed by atoms with Crippen molar-refractivity contribution in [3.8, 4) is 0 Å². The molecule has 0 aliphatic carbocycles. The molecule has 2 heterocycles. The Balaban J connectivity index is 1.43. The smallest absolute Gasteiger partial charge is 0.123 e. The average Bonchev–Trinajstić information content (AvgIpc) is 2.74. The summed E-state index contributed by atoms with van der Waals surface area (Å²) in [6.07, 6.45) is 3.99. The van der Waals surface area contributed by atoms with Crippen LogP contribution >= 0.6 is 11.8 Å². The van der Waals surface area contributed by atoms with Crippen molar-refractivity contribution in [2.45, 2.75) is 36.2 Å². The van der Waals surface area contributed by atoms with Crippen molar-refractivity contribution in [1.29, 1.82) is 0 Å². The fraction of sp³-hybridized carbons (Fsp3) is 0.600. The number of fused-ring (bicyclic) bond motifs is 2. The number of halogens is 1. The van der Waals surface area contributed by atoms with Crippen LogP contribution in [0.2, 0.25) is 0 Å². The topological polar surface area (TPSA) is 15.3 Å².